The van der Waals surface area contributed by atoms with E-state index in [4.69, 9.17) is 28.7 Å². The summed E-state index contributed by atoms with van der Waals surface area (Å²) in [4.78, 5) is 182. The van der Waals surface area contributed by atoms with Crippen LogP contribution in [0.5, 0.6) is 0 Å². The van der Waals surface area contributed by atoms with Crippen LogP contribution in [0.15, 0.2) is 30.3 Å². The molecule has 0 radical (unpaired) electrons. The lowest BCUT2D eigenvalue weighted by Gasteiger charge is -2.31. The molecule has 0 fully saturated rings. The van der Waals surface area contributed by atoms with Gasteiger partial charge in [-0.3, -0.25) is 67.1 Å². The van der Waals surface area contributed by atoms with E-state index >= 15 is 0 Å². The second-order valence-corrected chi connectivity index (χ2v) is 20.6. The van der Waals surface area contributed by atoms with Gasteiger partial charge in [0.1, 0.15) is 30.3 Å². The minimum atomic E-state index is -2.32. The zero-order chi connectivity index (χ0) is 64.4. The fraction of sp³-hybridized carbons (Fsp3) is 0.630. The van der Waals surface area contributed by atoms with Crippen LogP contribution in [-0.2, 0) is 73.5 Å². The van der Waals surface area contributed by atoms with Crippen molar-refractivity contribution in [2.24, 2.45) is 52.3 Å². The number of aliphatic hydroxyl groups is 3. The number of aliphatic hydroxyl groups excluding tert-OH is 3. The topological polar surface area (TPSA) is 525 Å². The van der Waals surface area contributed by atoms with E-state index in [1.807, 2.05) is 0 Å². The molecule has 84 heavy (non-hydrogen) atoms. The Morgan fingerprint density at radius 2 is 1.15 bits per heavy atom. The fourth-order valence-electron chi connectivity index (χ4n) is 8.05. The lowest BCUT2D eigenvalue weighted by molar-refractivity contribution is -0.143. The summed E-state index contributed by atoms with van der Waals surface area (Å²) < 4.78 is 0. The number of aliphatic carboxylic acids is 1. The zero-order valence-electron chi connectivity index (χ0n) is 48.6. The van der Waals surface area contributed by atoms with Crippen molar-refractivity contribution in [2.75, 3.05) is 39.9 Å². The van der Waals surface area contributed by atoms with Gasteiger partial charge in [-0.05, 0) is 56.7 Å². The smallest absolute Gasteiger partial charge is 0.303 e. The number of benzene rings is 1. The number of carboxylic acids is 1. The number of nitrogens with zero attached hydrogens (tertiary/aromatic N) is 1. The van der Waals surface area contributed by atoms with Crippen molar-refractivity contribution in [3.63, 3.8) is 0 Å². The van der Waals surface area contributed by atoms with Crippen molar-refractivity contribution < 1.29 is 87.5 Å². The normalized spacial score (nSPS) is 14.5. The van der Waals surface area contributed by atoms with Crippen molar-refractivity contribution >= 4 is 82.4 Å². The largest absolute Gasteiger partial charge is 0.481 e. The number of likely N-dealkylation sites (N-methyl/N-ethyl adjacent to an activating group) is 1. The van der Waals surface area contributed by atoms with Gasteiger partial charge in [-0.1, -0.05) is 64.4 Å². The van der Waals surface area contributed by atoms with Crippen LogP contribution in [-0.4, -0.2) is 190 Å². The first-order chi connectivity index (χ1) is 39.4. The molecule has 1 rings (SSSR count). The van der Waals surface area contributed by atoms with Gasteiger partial charge >= 0.3 is 5.97 Å². The van der Waals surface area contributed by atoms with Gasteiger partial charge in [0.25, 0.3) is 0 Å². The predicted octanol–water partition coefficient (Wildman–Crippen LogP) is -5.05. The Labute approximate surface area is 487 Å². The molecule has 30 heteroatoms. The molecule has 0 aliphatic heterocycles. The third kappa shape index (κ3) is 29.4. The lowest BCUT2D eigenvalue weighted by Crippen LogP contribution is -2.58. The van der Waals surface area contributed by atoms with Gasteiger partial charge in [-0.2, -0.15) is 0 Å². The summed E-state index contributed by atoms with van der Waals surface area (Å²) in [5.41, 5.74) is 27.2. The molecular formula is C54H88N12O18. The summed E-state index contributed by atoms with van der Waals surface area (Å²) in [6.45, 7) is 5.91. The molecule has 0 spiro atoms. The molecule has 10 amide bonds. The SMILES string of the molecule is CC(=O)NC(CO)C(=O)CC(C(=O)NC(CO)C(=O)NCC(=O)N(C)C(Cc1ccccc1)C(=O)NC(CC(C)C)C(=O)NC(CCCN)C(=O)CC(CCC(=O)O)C(=O)NC(CC(N)=O)C(=O)CC(C)C(N)=O)C(O)C(N)=O.CCCCN. The zero-order valence-corrected chi connectivity index (χ0v) is 48.6. The van der Waals surface area contributed by atoms with E-state index in [9.17, 15) is 87.5 Å². The Morgan fingerprint density at radius 1 is 0.607 bits per heavy atom. The van der Waals surface area contributed by atoms with Crippen LogP contribution < -0.4 is 60.6 Å². The number of rotatable bonds is 41. The number of primary amides is 3. The standard InChI is InChI=1S/C50H77N11O18.C4H11N/c1-25(2)16-33(49(78)57-31(12-9-15-51)38(66)19-29(13-14-42(70)71)46(75)58-32(21-40(52)68)37(65)17-26(3)44(53)73)59-50(79)36(18-28-10-7-6-8-11-28)61(5)41(69)22-55-48(77)35(24-63)60-47(76)30(43(72)45(54)74)20-39(67)34(23-62)56-27(4)64;1-2-3-4-5/h6-8,10-11,25-26,29-36,43,62-63,72H,9,12-24,51H2,1-5H3,(H2,52,68)(H2,53,73)(H2,54,74)(H,55,77)(H,56,64)(H,57,78)(H,58,75)(H,59,79)(H,60,76)(H,70,71);2-5H2,1H3. The quantitative estimate of drug-likeness (QED) is 0.0292. The van der Waals surface area contributed by atoms with Crippen LogP contribution in [0.2, 0.25) is 0 Å². The minimum Gasteiger partial charge on any atom is -0.481 e. The molecule has 0 heterocycles. The van der Waals surface area contributed by atoms with Gasteiger partial charge in [-0.15, -0.1) is 0 Å². The Hall–Kier alpha value is -7.80. The number of ketones is 3. The highest BCUT2D eigenvalue weighted by Crippen LogP contribution is 2.19. The number of unbranched alkanes of at least 4 members (excludes halogenated alkanes) is 1. The van der Waals surface area contributed by atoms with Crippen LogP contribution in [0.25, 0.3) is 0 Å². The van der Waals surface area contributed by atoms with Crippen molar-refractivity contribution in [3.05, 3.63) is 35.9 Å². The fourth-order valence-corrected chi connectivity index (χ4v) is 8.05. The predicted molar refractivity (Wildman–Crippen MR) is 301 cm³/mol. The number of nitrogens with two attached hydrogens (primary N) is 5. The van der Waals surface area contributed by atoms with Crippen LogP contribution in [0.1, 0.15) is 111 Å². The van der Waals surface area contributed by atoms with Crippen LogP contribution >= 0.6 is 0 Å². The summed E-state index contributed by atoms with van der Waals surface area (Å²) in [5.74, 6) is -18.9. The summed E-state index contributed by atoms with van der Waals surface area (Å²) >= 11 is 0. The van der Waals surface area contributed by atoms with Gasteiger partial charge in [0.2, 0.25) is 59.1 Å². The van der Waals surface area contributed by atoms with Crippen LogP contribution in [0, 0.1) is 23.7 Å². The van der Waals surface area contributed by atoms with E-state index in [1.54, 1.807) is 44.2 Å². The Bertz CT molecular complexity index is 2390. The van der Waals surface area contributed by atoms with Crippen molar-refractivity contribution in [2.45, 2.75) is 154 Å². The highest BCUT2D eigenvalue weighted by Gasteiger charge is 2.38. The summed E-state index contributed by atoms with van der Waals surface area (Å²) in [5, 5.41) is 53.5. The number of amides is 10. The third-order valence-corrected chi connectivity index (χ3v) is 13.0. The number of carbonyl (C=O) groups excluding carboxylic acids is 13. The summed E-state index contributed by atoms with van der Waals surface area (Å²) in [6.07, 6.45) is -3.99. The Morgan fingerprint density at radius 3 is 1.64 bits per heavy atom. The van der Waals surface area contributed by atoms with E-state index in [0.717, 1.165) is 18.4 Å². The van der Waals surface area contributed by atoms with Gasteiger partial charge in [-0.25, -0.2) is 0 Å². The first kappa shape index (κ1) is 76.2. The lowest BCUT2D eigenvalue weighted by atomic mass is 9.90. The van der Waals surface area contributed by atoms with Crippen LogP contribution in [0.3, 0.4) is 0 Å². The number of hydrogen-bond acceptors (Lipinski definition) is 19. The molecule has 0 saturated carbocycles. The van der Waals surface area contributed by atoms with E-state index in [0.29, 0.717) is 5.56 Å². The van der Waals surface area contributed by atoms with E-state index < -0.39 is 201 Å². The monoisotopic (exact) mass is 1190 g/mol. The van der Waals surface area contributed by atoms with Crippen molar-refractivity contribution in [3.8, 4) is 0 Å². The molecule has 0 aliphatic rings. The molecule has 1 aromatic carbocycles. The summed E-state index contributed by atoms with van der Waals surface area (Å²) in [7, 11) is 1.21. The average Bonchev–Trinajstić information content (AvgIpc) is 3.64. The average molecular weight is 1190 g/mol. The number of carboxylic acid groups (broad SMARTS) is 1. The highest BCUT2D eigenvalue weighted by atomic mass is 16.4. The second kappa shape index (κ2) is 40.4. The third-order valence-electron chi connectivity index (χ3n) is 13.0. The molecule has 20 N–H and O–H groups in total. The van der Waals surface area contributed by atoms with E-state index in [-0.39, 0.29) is 38.1 Å². The number of Topliss-reactive ketones (excluding diaryl/α,β-unsaturated/α-hetero) is 3. The van der Waals surface area contributed by atoms with Gasteiger partial charge in [0.15, 0.2) is 17.3 Å². The van der Waals surface area contributed by atoms with E-state index in [2.05, 4.69) is 38.8 Å². The summed E-state index contributed by atoms with van der Waals surface area (Å²) in [6, 6.07) is -0.885. The maximum atomic E-state index is 14.4. The second-order valence-electron chi connectivity index (χ2n) is 20.6. The first-order valence-corrected chi connectivity index (χ1v) is 27.4. The molecule has 0 aromatic heterocycles. The van der Waals surface area contributed by atoms with Gasteiger partial charge in [0.05, 0.1) is 44.2 Å². The molecule has 0 aliphatic carbocycles. The molecule has 0 saturated heterocycles. The van der Waals surface area contributed by atoms with Gasteiger partial charge in [0, 0.05) is 57.9 Å². The molecule has 10 atom stereocenters. The van der Waals surface area contributed by atoms with Gasteiger partial charge < -0.3 is 85.9 Å². The molecule has 1 aromatic rings. The number of nitrogens with one attached hydrogen (secondary N) is 6. The number of hydrogen-bond donors (Lipinski definition) is 15. The molecular weight excluding hydrogens is 1100 g/mol. The maximum Gasteiger partial charge on any atom is 0.303 e. The highest BCUT2D eigenvalue weighted by molar-refractivity contribution is 6.00. The maximum absolute atomic E-state index is 14.4. The van der Waals surface area contributed by atoms with Crippen molar-refractivity contribution in [1.29, 1.82) is 0 Å². The minimum absolute atomic E-state index is 0.0327. The number of carbonyl (C=O) groups is 14. The molecule has 0 bridgehead atoms. The first-order valence-electron chi connectivity index (χ1n) is 27.4. The Balaban J connectivity index is 0.0000132. The molecule has 472 valence electrons. The van der Waals surface area contributed by atoms with E-state index in [1.165, 1.54) is 26.8 Å². The van der Waals surface area contributed by atoms with Crippen LogP contribution in [0.4, 0.5) is 0 Å². The Kier molecular flexibility index (Phi) is 36.7. The van der Waals surface area contributed by atoms with Crippen molar-refractivity contribution in [1.82, 2.24) is 36.8 Å². The molecule has 10 unspecified atom stereocenters. The molecule has 30 nitrogen and oxygen atoms in total.